The average molecular weight is 662 g/mol. The Bertz CT molecular complexity index is 1540. The molecule has 10 nitrogen and oxygen atoms in total. The number of aliphatic hydroxyl groups excluding tert-OH is 1. The van der Waals surface area contributed by atoms with Crippen molar-refractivity contribution < 1.29 is 19.4 Å². The van der Waals surface area contributed by atoms with E-state index in [4.69, 9.17) is 9.97 Å². The van der Waals surface area contributed by atoms with Crippen molar-refractivity contribution in [3.05, 3.63) is 64.9 Å². The highest BCUT2D eigenvalue weighted by atomic mass is 19.1. The second-order valence-electron chi connectivity index (χ2n) is 14.2. The number of fused-ring (bicyclic) bond motifs is 1. The molecule has 0 unspecified atom stereocenters. The molecule has 11 heteroatoms. The van der Waals surface area contributed by atoms with Gasteiger partial charge in [-0.05, 0) is 107 Å². The summed E-state index contributed by atoms with van der Waals surface area (Å²) < 4.78 is 16.2. The number of aromatic nitrogens is 4. The third-order valence-electron chi connectivity index (χ3n) is 11.1. The van der Waals surface area contributed by atoms with Gasteiger partial charge in [-0.3, -0.25) is 14.4 Å². The van der Waals surface area contributed by atoms with Crippen molar-refractivity contribution in [1.29, 1.82) is 0 Å². The highest BCUT2D eigenvalue weighted by Gasteiger charge is 2.34. The summed E-state index contributed by atoms with van der Waals surface area (Å²) >= 11 is 0. The van der Waals surface area contributed by atoms with Crippen LogP contribution in [0.2, 0.25) is 0 Å². The van der Waals surface area contributed by atoms with Gasteiger partial charge in [0.15, 0.2) is 0 Å². The van der Waals surface area contributed by atoms with Crippen molar-refractivity contribution in [3.63, 3.8) is 0 Å². The fourth-order valence-corrected chi connectivity index (χ4v) is 8.33. The molecule has 260 valence electrons. The largest absolute Gasteiger partial charge is 0.481 e. The standard InChI is InChI=1S/C37H52FN7O3/c1-4-34(24-11-13-25(14-12-24)36(47)48)43(3)37-41-32-16-15-27(26-8-6-9-29(38)18-26)19-31(32)35(42-37)40-33(28-20-39-45(5-2)21-28)23-44-17-7-10-30(46)22-44/h6,8-9,18,20-21,24-25,27,30,33-34,46H,4-5,7,10-17,19,22-23H2,1-3H3,(H,47,48)(H,40,41,42)/t24?,25?,27-,30+,33+,34-/m1/s1. The van der Waals surface area contributed by atoms with E-state index in [1.807, 2.05) is 16.9 Å². The van der Waals surface area contributed by atoms with Crippen LogP contribution in [0.5, 0.6) is 0 Å². The first-order valence-corrected chi connectivity index (χ1v) is 18.0. The number of hydrogen-bond acceptors (Lipinski definition) is 8. The molecule has 0 bridgehead atoms. The van der Waals surface area contributed by atoms with Gasteiger partial charge in [-0.2, -0.15) is 10.1 Å². The summed E-state index contributed by atoms with van der Waals surface area (Å²) in [4.78, 5) is 26.7. The van der Waals surface area contributed by atoms with E-state index < -0.39 is 5.97 Å². The summed E-state index contributed by atoms with van der Waals surface area (Å²) in [5, 5.41) is 28.5. The lowest BCUT2D eigenvalue weighted by atomic mass is 9.77. The van der Waals surface area contributed by atoms with E-state index in [9.17, 15) is 19.4 Å². The number of anilines is 2. The smallest absolute Gasteiger partial charge is 0.306 e. The third kappa shape index (κ3) is 7.83. The normalized spacial score (nSPS) is 24.4. The summed E-state index contributed by atoms with van der Waals surface area (Å²) in [5.74, 6) is 0.876. The molecule has 3 N–H and O–H groups in total. The summed E-state index contributed by atoms with van der Waals surface area (Å²) in [5.41, 5.74) is 4.18. The van der Waals surface area contributed by atoms with Gasteiger partial charge >= 0.3 is 5.97 Å². The number of halogens is 1. The average Bonchev–Trinajstić information content (AvgIpc) is 3.58. The zero-order valence-electron chi connectivity index (χ0n) is 28.7. The molecule has 3 aromatic rings. The Morgan fingerprint density at radius 3 is 2.65 bits per heavy atom. The van der Waals surface area contributed by atoms with Crippen LogP contribution in [0.25, 0.3) is 0 Å². The quantitative estimate of drug-likeness (QED) is 0.221. The Balaban J connectivity index is 1.34. The van der Waals surface area contributed by atoms with Gasteiger partial charge in [0.25, 0.3) is 0 Å². The molecule has 2 fully saturated rings. The first-order chi connectivity index (χ1) is 23.2. The monoisotopic (exact) mass is 661 g/mol. The number of likely N-dealkylation sites (tertiary alicyclic amines) is 1. The molecule has 48 heavy (non-hydrogen) atoms. The number of carbonyl (C=O) groups is 1. The number of nitrogens with zero attached hydrogens (tertiary/aromatic N) is 6. The van der Waals surface area contributed by atoms with Gasteiger partial charge in [-0.1, -0.05) is 19.1 Å². The summed E-state index contributed by atoms with van der Waals surface area (Å²) in [6.07, 6.45) is 12.0. The molecular weight excluding hydrogens is 609 g/mol. The van der Waals surface area contributed by atoms with Crippen LogP contribution in [-0.4, -0.2) is 79.7 Å². The Hall–Kier alpha value is -3.57. The number of aliphatic hydroxyl groups is 1. The molecule has 2 aliphatic carbocycles. The molecule has 2 aromatic heterocycles. The molecule has 3 aliphatic rings. The van der Waals surface area contributed by atoms with E-state index in [1.165, 1.54) is 6.07 Å². The summed E-state index contributed by atoms with van der Waals surface area (Å²) in [6, 6.07) is 7.04. The minimum absolute atomic E-state index is 0.115. The number of carboxylic acid groups (broad SMARTS) is 1. The Morgan fingerprint density at radius 1 is 1.15 bits per heavy atom. The minimum atomic E-state index is -0.682. The number of aryl methyl sites for hydroxylation is 2. The highest BCUT2D eigenvalue weighted by Crippen LogP contribution is 2.39. The van der Waals surface area contributed by atoms with Crippen LogP contribution < -0.4 is 10.2 Å². The number of nitrogens with one attached hydrogen (secondary N) is 1. The summed E-state index contributed by atoms with van der Waals surface area (Å²) in [7, 11) is 2.08. The molecular formula is C37H52FN7O3. The second-order valence-corrected chi connectivity index (χ2v) is 14.2. The van der Waals surface area contributed by atoms with Crippen LogP contribution in [0, 0.1) is 17.7 Å². The van der Waals surface area contributed by atoms with Gasteiger partial charge in [0.2, 0.25) is 5.95 Å². The zero-order valence-corrected chi connectivity index (χ0v) is 28.7. The van der Waals surface area contributed by atoms with Crippen LogP contribution in [0.3, 0.4) is 0 Å². The maximum Gasteiger partial charge on any atom is 0.306 e. The SMILES string of the molecule is CC[C@H](C1CCC(C(=O)O)CC1)N(C)c1nc2c(c(N[C@@H](CN3CCC[C@H](O)C3)c3cnn(CC)c3)n1)C[C@H](c1cccc(F)c1)CC2. The minimum Gasteiger partial charge on any atom is -0.481 e. The van der Waals surface area contributed by atoms with Crippen LogP contribution in [0.15, 0.2) is 36.7 Å². The lowest BCUT2D eigenvalue weighted by molar-refractivity contribution is -0.143. The molecule has 0 amide bonds. The van der Waals surface area contributed by atoms with Gasteiger partial charge in [-0.25, -0.2) is 9.37 Å². The van der Waals surface area contributed by atoms with Gasteiger partial charge in [-0.15, -0.1) is 0 Å². The maximum absolute atomic E-state index is 14.3. The number of hydrogen-bond donors (Lipinski definition) is 3. The number of rotatable bonds is 12. The van der Waals surface area contributed by atoms with Crippen LogP contribution in [0.4, 0.5) is 16.2 Å². The van der Waals surface area contributed by atoms with Crippen LogP contribution in [0.1, 0.15) is 99.6 Å². The molecule has 1 saturated heterocycles. The number of carboxylic acids is 1. The van der Waals surface area contributed by atoms with Crippen LogP contribution in [-0.2, 0) is 24.2 Å². The molecule has 4 atom stereocenters. The summed E-state index contributed by atoms with van der Waals surface area (Å²) in [6.45, 7) is 7.31. The van der Waals surface area contributed by atoms with Crippen molar-refractivity contribution in [2.24, 2.45) is 11.8 Å². The van der Waals surface area contributed by atoms with Gasteiger partial charge in [0.05, 0.1) is 30.0 Å². The van der Waals surface area contributed by atoms with Crippen molar-refractivity contribution in [2.75, 3.05) is 36.9 Å². The van der Waals surface area contributed by atoms with Crippen molar-refractivity contribution in [2.45, 2.75) is 109 Å². The predicted octanol–water partition coefficient (Wildman–Crippen LogP) is 5.82. The molecule has 0 radical (unpaired) electrons. The first-order valence-electron chi connectivity index (χ1n) is 18.0. The number of aliphatic carboxylic acids is 1. The van der Waals surface area contributed by atoms with Gasteiger partial charge in [0, 0.05) is 50.0 Å². The predicted molar refractivity (Wildman–Crippen MR) is 185 cm³/mol. The number of benzene rings is 1. The molecule has 1 aliphatic heterocycles. The zero-order chi connectivity index (χ0) is 33.8. The molecule has 1 aromatic carbocycles. The molecule has 6 rings (SSSR count). The first kappa shape index (κ1) is 34.3. The van der Waals surface area contributed by atoms with Crippen LogP contribution >= 0.6 is 0 Å². The van der Waals surface area contributed by atoms with Gasteiger partial charge in [0.1, 0.15) is 11.6 Å². The van der Waals surface area contributed by atoms with E-state index in [2.05, 4.69) is 47.3 Å². The van der Waals surface area contributed by atoms with Gasteiger partial charge < -0.3 is 20.4 Å². The van der Waals surface area contributed by atoms with E-state index >= 15 is 0 Å². The van der Waals surface area contributed by atoms with E-state index in [-0.39, 0.29) is 35.8 Å². The topological polar surface area (TPSA) is 120 Å². The fourth-order valence-electron chi connectivity index (χ4n) is 8.33. The number of piperidine rings is 1. The lowest BCUT2D eigenvalue weighted by Gasteiger charge is -2.38. The Morgan fingerprint density at radius 2 is 1.96 bits per heavy atom. The molecule has 1 saturated carbocycles. The Labute approximate surface area is 283 Å². The maximum atomic E-state index is 14.3. The lowest BCUT2D eigenvalue weighted by Crippen LogP contribution is -2.42. The molecule has 0 spiro atoms. The van der Waals surface area contributed by atoms with Crippen molar-refractivity contribution >= 4 is 17.7 Å². The van der Waals surface area contributed by atoms with Crippen molar-refractivity contribution in [1.82, 2.24) is 24.6 Å². The second kappa shape index (κ2) is 15.3. The van der Waals surface area contributed by atoms with E-state index in [0.717, 1.165) is 86.2 Å². The highest BCUT2D eigenvalue weighted by molar-refractivity contribution is 5.70. The Kier molecular flexibility index (Phi) is 10.9. The van der Waals surface area contributed by atoms with E-state index in [0.29, 0.717) is 44.2 Å². The van der Waals surface area contributed by atoms with Crippen molar-refractivity contribution in [3.8, 4) is 0 Å². The third-order valence-corrected chi connectivity index (χ3v) is 11.1. The molecule has 3 heterocycles. The van der Waals surface area contributed by atoms with E-state index in [1.54, 1.807) is 12.1 Å². The number of β-amino-alcohol motifs (C(OH)–C–C–N with tert-alkyl or cyclic N) is 1. The fraction of sp³-hybridized carbons (Fsp3) is 0.622.